The summed E-state index contributed by atoms with van der Waals surface area (Å²) >= 11 is 6.31. The highest BCUT2D eigenvalue weighted by atomic mass is 35.5. The maximum atomic E-state index is 12.7. The van der Waals surface area contributed by atoms with Gasteiger partial charge in [-0.05, 0) is 43.3 Å². The molecule has 0 unspecified atom stereocenters. The normalized spacial score (nSPS) is 12.6. The van der Waals surface area contributed by atoms with Crippen LogP contribution in [0, 0.1) is 17.0 Å². The van der Waals surface area contributed by atoms with Crippen LogP contribution in [-0.2, 0) is 0 Å². The van der Waals surface area contributed by atoms with E-state index in [9.17, 15) is 24.5 Å². The first-order chi connectivity index (χ1) is 14.8. The Hall–Kier alpha value is -4.04. The van der Waals surface area contributed by atoms with Crippen LogP contribution in [0.2, 0.25) is 5.02 Å². The van der Waals surface area contributed by atoms with Gasteiger partial charge >= 0.3 is 0 Å². The highest BCUT2D eigenvalue weighted by molar-refractivity contribution is 6.40. The average Bonchev–Trinajstić information content (AvgIpc) is 2.98. The Morgan fingerprint density at radius 2 is 1.65 bits per heavy atom. The van der Waals surface area contributed by atoms with Crippen molar-refractivity contribution in [2.45, 2.75) is 6.92 Å². The van der Waals surface area contributed by atoms with Crippen molar-refractivity contribution in [1.29, 1.82) is 0 Å². The van der Waals surface area contributed by atoms with Crippen molar-refractivity contribution in [2.75, 3.05) is 10.2 Å². The molecule has 3 amide bonds. The minimum Gasteiger partial charge on any atom is -0.322 e. The van der Waals surface area contributed by atoms with E-state index in [2.05, 4.69) is 5.32 Å². The van der Waals surface area contributed by atoms with E-state index >= 15 is 0 Å². The van der Waals surface area contributed by atoms with Gasteiger partial charge in [0.2, 0.25) is 0 Å². The van der Waals surface area contributed by atoms with E-state index < -0.39 is 22.6 Å². The molecule has 1 heterocycles. The number of hydrogen-bond acceptors (Lipinski definition) is 5. The molecule has 0 radical (unpaired) electrons. The monoisotopic (exact) mass is 435 g/mol. The summed E-state index contributed by atoms with van der Waals surface area (Å²) in [5.41, 5.74) is 0.981. The van der Waals surface area contributed by atoms with Gasteiger partial charge in [0, 0.05) is 11.3 Å². The van der Waals surface area contributed by atoms with E-state index in [-0.39, 0.29) is 38.8 Å². The van der Waals surface area contributed by atoms with E-state index in [1.807, 2.05) is 0 Å². The number of nitrogens with one attached hydrogen (secondary N) is 1. The number of hydrogen-bond donors (Lipinski definition) is 1. The van der Waals surface area contributed by atoms with Gasteiger partial charge in [-0.25, -0.2) is 4.90 Å². The van der Waals surface area contributed by atoms with Crippen LogP contribution in [0.25, 0.3) is 0 Å². The summed E-state index contributed by atoms with van der Waals surface area (Å²) in [6.45, 7) is 1.54. The molecular formula is C22H14ClN3O5. The van der Waals surface area contributed by atoms with Gasteiger partial charge < -0.3 is 5.32 Å². The van der Waals surface area contributed by atoms with E-state index in [1.165, 1.54) is 24.3 Å². The zero-order chi connectivity index (χ0) is 22.3. The molecule has 0 fully saturated rings. The van der Waals surface area contributed by atoms with Crippen molar-refractivity contribution in [3.63, 3.8) is 0 Å². The first kappa shape index (κ1) is 20.2. The van der Waals surface area contributed by atoms with Crippen LogP contribution in [0.1, 0.15) is 36.6 Å². The number of fused-ring (bicyclic) bond motifs is 1. The molecule has 0 bridgehead atoms. The number of nitro groups is 1. The Balaban J connectivity index is 1.62. The van der Waals surface area contributed by atoms with Gasteiger partial charge in [0.05, 0.1) is 26.8 Å². The van der Waals surface area contributed by atoms with Gasteiger partial charge in [0.1, 0.15) is 5.56 Å². The summed E-state index contributed by atoms with van der Waals surface area (Å²) in [6, 6.07) is 15.2. The summed E-state index contributed by atoms with van der Waals surface area (Å²) in [7, 11) is 0. The number of carbonyl (C=O) groups excluding carboxylic acids is 3. The largest absolute Gasteiger partial charge is 0.322 e. The lowest BCUT2D eigenvalue weighted by atomic mass is 10.1. The number of imide groups is 1. The topological polar surface area (TPSA) is 110 Å². The van der Waals surface area contributed by atoms with Crippen LogP contribution in [0.15, 0.2) is 60.7 Å². The number of nitrogens with zero attached hydrogens (tertiary/aromatic N) is 2. The second kappa shape index (κ2) is 7.66. The Kier molecular flexibility index (Phi) is 5.00. The Morgan fingerprint density at radius 1 is 1.00 bits per heavy atom. The van der Waals surface area contributed by atoms with E-state index in [4.69, 9.17) is 11.6 Å². The maximum absolute atomic E-state index is 12.7. The zero-order valence-corrected chi connectivity index (χ0v) is 16.8. The fraction of sp³-hybridized carbons (Fsp3) is 0.0455. The smallest absolute Gasteiger partial charge is 0.285 e. The number of carbonyl (C=O) groups is 3. The van der Waals surface area contributed by atoms with Crippen molar-refractivity contribution < 1.29 is 19.3 Å². The third-order valence-corrected chi connectivity index (χ3v) is 5.21. The number of benzene rings is 3. The summed E-state index contributed by atoms with van der Waals surface area (Å²) in [6.07, 6.45) is 0. The van der Waals surface area contributed by atoms with E-state index in [0.29, 0.717) is 5.56 Å². The molecule has 0 atom stereocenters. The van der Waals surface area contributed by atoms with Gasteiger partial charge in [0.15, 0.2) is 0 Å². The van der Waals surface area contributed by atoms with Crippen LogP contribution in [0.5, 0.6) is 0 Å². The highest BCUT2D eigenvalue weighted by Crippen LogP contribution is 2.35. The van der Waals surface area contributed by atoms with Crippen molar-refractivity contribution in [3.8, 4) is 0 Å². The van der Waals surface area contributed by atoms with Crippen molar-refractivity contribution in [3.05, 3.63) is 98.1 Å². The molecule has 0 saturated heterocycles. The number of nitro benzene ring substituents is 1. The first-order valence-electron chi connectivity index (χ1n) is 9.12. The highest BCUT2D eigenvalue weighted by Gasteiger charge is 2.37. The lowest BCUT2D eigenvalue weighted by Crippen LogP contribution is -2.29. The lowest BCUT2D eigenvalue weighted by Gasteiger charge is -2.16. The van der Waals surface area contributed by atoms with Gasteiger partial charge in [-0.3, -0.25) is 24.5 Å². The molecular weight excluding hydrogens is 422 g/mol. The van der Waals surface area contributed by atoms with Crippen LogP contribution in [0.3, 0.4) is 0 Å². The lowest BCUT2D eigenvalue weighted by molar-refractivity contribution is -0.385. The number of anilines is 2. The first-order valence-corrected chi connectivity index (χ1v) is 9.50. The van der Waals surface area contributed by atoms with Gasteiger partial charge in [-0.15, -0.1) is 0 Å². The van der Waals surface area contributed by atoms with Crippen molar-refractivity contribution in [2.24, 2.45) is 0 Å². The zero-order valence-electron chi connectivity index (χ0n) is 16.1. The number of amides is 3. The Morgan fingerprint density at radius 3 is 2.23 bits per heavy atom. The quantitative estimate of drug-likeness (QED) is 0.365. The summed E-state index contributed by atoms with van der Waals surface area (Å²) in [5.74, 6) is -1.66. The number of rotatable bonds is 4. The number of aryl methyl sites for hydroxylation is 1. The molecule has 1 N–H and O–H groups in total. The number of para-hydroxylation sites is 1. The van der Waals surface area contributed by atoms with E-state index in [1.54, 1.807) is 43.3 Å². The molecule has 4 rings (SSSR count). The van der Waals surface area contributed by atoms with Gasteiger partial charge in [0.25, 0.3) is 23.4 Å². The van der Waals surface area contributed by atoms with Crippen molar-refractivity contribution >= 4 is 46.4 Å². The molecule has 31 heavy (non-hydrogen) atoms. The summed E-state index contributed by atoms with van der Waals surface area (Å²) in [4.78, 5) is 49.6. The van der Waals surface area contributed by atoms with Crippen molar-refractivity contribution in [1.82, 2.24) is 0 Å². The minimum absolute atomic E-state index is 0.0612. The van der Waals surface area contributed by atoms with Gasteiger partial charge in [-0.1, -0.05) is 35.9 Å². The minimum atomic E-state index is -0.681. The molecule has 0 saturated carbocycles. The standard InChI is InChI=1S/C22H14ClN3O5/c1-12-5-4-8-16(19(12)26(30)31)20(27)24-13-9-10-18(17(23)11-13)25-21(28)14-6-2-3-7-15(14)22(25)29/h2-11H,1H3,(H,24,27). The van der Waals surface area contributed by atoms with Gasteiger partial charge in [-0.2, -0.15) is 0 Å². The second-order valence-electron chi connectivity index (χ2n) is 6.84. The molecule has 8 nitrogen and oxygen atoms in total. The maximum Gasteiger partial charge on any atom is 0.285 e. The molecule has 1 aliphatic heterocycles. The Bertz CT molecular complexity index is 1250. The average molecular weight is 436 g/mol. The predicted molar refractivity (Wildman–Crippen MR) is 115 cm³/mol. The van der Waals surface area contributed by atoms with Crippen LogP contribution in [0.4, 0.5) is 17.1 Å². The molecule has 0 aromatic heterocycles. The summed E-state index contributed by atoms with van der Waals surface area (Å²) in [5, 5.41) is 14.0. The fourth-order valence-electron chi connectivity index (χ4n) is 3.46. The van der Waals surface area contributed by atoms with E-state index in [0.717, 1.165) is 4.90 Å². The third kappa shape index (κ3) is 3.43. The third-order valence-electron chi connectivity index (χ3n) is 4.91. The molecule has 9 heteroatoms. The molecule has 0 aliphatic carbocycles. The molecule has 0 spiro atoms. The molecule has 3 aromatic carbocycles. The predicted octanol–water partition coefficient (Wildman–Crippen LogP) is 4.61. The molecule has 1 aliphatic rings. The fourth-order valence-corrected chi connectivity index (χ4v) is 3.72. The second-order valence-corrected chi connectivity index (χ2v) is 7.25. The summed E-state index contributed by atoms with van der Waals surface area (Å²) < 4.78 is 0. The Labute approximate surface area is 181 Å². The molecule has 3 aromatic rings. The number of halogens is 1. The van der Waals surface area contributed by atoms with Crippen LogP contribution in [-0.4, -0.2) is 22.6 Å². The SMILES string of the molecule is Cc1cccc(C(=O)Nc2ccc(N3C(=O)c4ccccc4C3=O)c(Cl)c2)c1[N+](=O)[O-]. The van der Waals surface area contributed by atoms with Crippen LogP contribution < -0.4 is 10.2 Å². The van der Waals surface area contributed by atoms with Crippen LogP contribution >= 0.6 is 11.6 Å². The molecule has 154 valence electrons.